The molecule has 0 N–H and O–H groups in total. The Balaban J connectivity index is 1.69. The maximum absolute atomic E-state index is 12.8. The molecule has 0 bridgehead atoms. The molecule has 3 rings (SSSR count). The summed E-state index contributed by atoms with van der Waals surface area (Å²) >= 11 is 1.74. The number of benzene rings is 1. The van der Waals surface area contributed by atoms with E-state index in [1.807, 2.05) is 30.0 Å². The number of ether oxygens (including phenoxy) is 1. The second kappa shape index (κ2) is 7.21. The summed E-state index contributed by atoms with van der Waals surface area (Å²) in [5.74, 6) is 0.785. The first-order chi connectivity index (χ1) is 11.6. The summed E-state index contributed by atoms with van der Waals surface area (Å²) in [6.45, 7) is 7.40. The average Bonchev–Trinajstić information content (AvgIpc) is 2.81. The van der Waals surface area contributed by atoms with Gasteiger partial charge in [-0.1, -0.05) is 6.07 Å². The van der Waals surface area contributed by atoms with E-state index >= 15 is 0 Å². The monoisotopic (exact) mass is 345 g/mol. The van der Waals surface area contributed by atoms with Gasteiger partial charge in [0.15, 0.2) is 5.13 Å². The lowest BCUT2D eigenvalue weighted by atomic mass is 10.2. The number of hydrogen-bond donors (Lipinski definition) is 0. The number of hydrogen-bond acceptors (Lipinski definition) is 5. The molecule has 0 unspecified atom stereocenters. The molecule has 128 valence electrons. The van der Waals surface area contributed by atoms with Crippen molar-refractivity contribution in [3.05, 3.63) is 40.4 Å². The van der Waals surface area contributed by atoms with E-state index in [0.29, 0.717) is 17.9 Å². The van der Waals surface area contributed by atoms with Crippen molar-refractivity contribution in [1.82, 2.24) is 9.88 Å². The molecule has 0 atom stereocenters. The van der Waals surface area contributed by atoms with Gasteiger partial charge < -0.3 is 14.5 Å². The lowest BCUT2D eigenvalue weighted by molar-refractivity contribution is 0.0766. The van der Waals surface area contributed by atoms with Crippen molar-refractivity contribution < 1.29 is 9.53 Å². The average molecular weight is 345 g/mol. The molecule has 1 aromatic heterocycles. The summed E-state index contributed by atoms with van der Waals surface area (Å²) in [4.78, 5) is 22.9. The maximum atomic E-state index is 12.8. The molecule has 1 aliphatic rings. The minimum atomic E-state index is 0.0715. The zero-order valence-electron chi connectivity index (χ0n) is 14.4. The predicted octanol–water partition coefficient (Wildman–Crippen LogP) is 3.12. The quantitative estimate of drug-likeness (QED) is 0.857. The van der Waals surface area contributed by atoms with E-state index in [1.165, 1.54) is 4.88 Å². The number of carbonyl (C=O) groups excluding carboxylic acids is 1. The van der Waals surface area contributed by atoms with E-state index in [9.17, 15) is 4.79 Å². The first kappa shape index (κ1) is 16.8. The van der Waals surface area contributed by atoms with Crippen LogP contribution in [0.15, 0.2) is 24.3 Å². The van der Waals surface area contributed by atoms with Crippen LogP contribution in [0, 0.1) is 13.8 Å². The molecule has 0 aliphatic carbocycles. The summed E-state index contributed by atoms with van der Waals surface area (Å²) in [5, 5.41) is 1.07. The van der Waals surface area contributed by atoms with Crippen LogP contribution in [0.5, 0.6) is 5.75 Å². The minimum absolute atomic E-state index is 0.0715. The minimum Gasteiger partial charge on any atom is -0.497 e. The van der Waals surface area contributed by atoms with E-state index < -0.39 is 0 Å². The normalized spacial score (nSPS) is 15.3. The van der Waals surface area contributed by atoms with Crippen LogP contribution in [-0.4, -0.2) is 49.1 Å². The van der Waals surface area contributed by atoms with Crippen molar-refractivity contribution in [2.75, 3.05) is 38.2 Å². The van der Waals surface area contributed by atoms with Gasteiger partial charge >= 0.3 is 0 Å². The fourth-order valence-corrected chi connectivity index (χ4v) is 3.80. The summed E-state index contributed by atoms with van der Waals surface area (Å²) in [6.07, 6.45) is 0.952. The van der Waals surface area contributed by atoms with Crippen molar-refractivity contribution in [3.8, 4) is 5.75 Å². The van der Waals surface area contributed by atoms with E-state index in [0.717, 1.165) is 36.9 Å². The van der Waals surface area contributed by atoms with Gasteiger partial charge in [0.2, 0.25) is 0 Å². The molecule has 0 radical (unpaired) electrons. The van der Waals surface area contributed by atoms with Crippen LogP contribution in [0.1, 0.15) is 27.3 Å². The van der Waals surface area contributed by atoms with Crippen LogP contribution in [0.4, 0.5) is 5.13 Å². The lowest BCUT2D eigenvalue weighted by Gasteiger charge is -2.22. The highest BCUT2D eigenvalue weighted by atomic mass is 32.1. The van der Waals surface area contributed by atoms with Gasteiger partial charge in [-0.2, -0.15) is 0 Å². The second-order valence-electron chi connectivity index (χ2n) is 6.00. The number of methoxy groups -OCH3 is 1. The van der Waals surface area contributed by atoms with Crippen LogP contribution in [0.2, 0.25) is 0 Å². The number of rotatable bonds is 3. The number of aryl methyl sites for hydroxylation is 2. The molecule has 0 saturated carbocycles. The van der Waals surface area contributed by atoms with Crippen molar-refractivity contribution in [3.63, 3.8) is 0 Å². The highest BCUT2D eigenvalue weighted by Gasteiger charge is 2.22. The third-order valence-corrected chi connectivity index (χ3v) is 5.52. The number of amides is 1. The summed E-state index contributed by atoms with van der Waals surface area (Å²) in [6, 6.07) is 7.37. The fourth-order valence-electron chi connectivity index (χ4n) is 2.84. The van der Waals surface area contributed by atoms with Gasteiger partial charge in [-0.15, -0.1) is 11.3 Å². The molecule has 6 heteroatoms. The molecule has 1 amide bonds. The molecule has 0 spiro atoms. The van der Waals surface area contributed by atoms with Gasteiger partial charge in [-0.25, -0.2) is 4.98 Å². The molecule has 2 heterocycles. The molecule has 24 heavy (non-hydrogen) atoms. The van der Waals surface area contributed by atoms with Crippen molar-refractivity contribution in [2.24, 2.45) is 0 Å². The number of thiazole rings is 1. The Bertz CT molecular complexity index is 709. The molecule has 1 aromatic carbocycles. The highest BCUT2D eigenvalue weighted by Crippen LogP contribution is 2.26. The molecular weight excluding hydrogens is 322 g/mol. The summed E-state index contributed by atoms with van der Waals surface area (Å²) < 4.78 is 5.22. The Hall–Kier alpha value is -2.08. The van der Waals surface area contributed by atoms with E-state index in [4.69, 9.17) is 4.74 Å². The van der Waals surface area contributed by atoms with Crippen molar-refractivity contribution in [1.29, 1.82) is 0 Å². The number of anilines is 1. The largest absolute Gasteiger partial charge is 0.497 e. The number of carbonyl (C=O) groups is 1. The topological polar surface area (TPSA) is 45.7 Å². The Kier molecular flexibility index (Phi) is 5.04. The first-order valence-electron chi connectivity index (χ1n) is 8.21. The van der Waals surface area contributed by atoms with E-state index in [1.54, 1.807) is 24.5 Å². The SMILES string of the molecule is COc1cccc(C(=O)N2CCCN(c3nc(C)c(C)s3)CC2)c1. The first-order valence-corrected chi connectivity index (χ1v) is 9.02. The standard InChI is InChI=1S/C18H23N3O2S/c1-13-14(2)24-18(19-13)21-9-5-8-20(10-11-21)17(22)15-6-4-7-16(12-15)23-3/h4,6-7,12H,5,8-11H2,1-3H3. The third-order valence-electron chi connectivity index (χ3n) is 4.39. The maximum Gasteiger partial charge on any atom is 0.254 e. The fraction of sp³-hybridized carbons (Fsp3) is 0.444. The van der Waals surface area contributed by atoms with Crippen LogP contribution in [0.3, 0.4) is 0 Å². The van der Waals surface area contributed by atoms with Gasteiger partial charge in [0.05, 0.1) is 12.8 Å². The Morgan fingerprint density at radius 1 is 1.21 bits per heavy atom. The summed E-state index contributed by atoms with van der Waals surface area (Å²) in [7, 11) is 1.62. The molecule has 1 fully saturated rings. The summed E-state index contributed by atoms with van der Waals surface area (Å²) in [5.41, 5.74) is 1.78. The van der Waals surface area contributed by atoms with Gasteiger partial charge in [-0.05, 0) is 38.5 Å². The molecule has 1 aliphatic heterocycles. The predicted molar refractivity (Wildman–Crippen MR) is 97.3 cm³/mol. The Labute approximate surface area is 146 Å². The zero-order valence-corrected chi connectivity index (χ0v) is 15.2. The lowest BCUT2D eigenvalue weighted by Crippen LogP contribution is -2.35. The molecule has 1 saturated heterocycles. The Morgan fingerprint density at radius 3 is 2.75 bits per heavy atom. The molecule has 2 aromatic rings. The second-order valence-corrected chi connectivity index (χ2v) is 7.18. The van der Waals surface area contributed by atoms with Crippen LogP contribution < -0.4 is 9.64 Å². The van der Waals surface area contributed by atoms with Crippen molar-refractivity contribution in [2.45, 2.75) is 20.3 Å². The van der Waals surface area contributed by atoms with Crippen LogP contribution in [0.25, 0.3) is 0 Å². The third kappa shape index (κ3) is 3.53. The number of nitrogens with zero attached hydrogens (tertiary/aromatic N) is 3. The molecule has 5 nitrogen and oxygen atoms in total. The zero-order chi connectivity index (χ0) is 17.1. The van der Waals surface area contributed by atoms with Crippen LogP contribution in [-0.2, 0) is 0 Å². The van der Waals surface area contributed by atoms with Crippen LogP contribution >= 0.6 is 11.3 Å². The van der Waals surface area contributed by atoms with Gasteiger partial charge in [0.1, 0.15) is 5.75 Å². The number of aromatic nitrogens is 1. The van der Waals surface area contributed by atoms with Crippen molar-refractivity contribution >= 4 is 22.4 Å². The van der Waals surface area contributed by atoms with Gasteiger partial charge in [0.25, 0.3) is 5.91 Å². The Morgan fingerprint density at radius 2 is 2.04 bits per heavy atom. The highest BCUT2D eigenvalue weighted by molar-refractivity contribution is 7.15. The molecular formula is C18H23N3O2S. The van der Waals surface area contributed by atoms with E-state index in [-0.39, 0.29) is 5.91 Å². The van der Waals surface area contributed by atoms with Gasteiger partial charge in [0, 0.05) is 36.6 Å². The van der Waals surface area contributed by atoms with E-state index in [2.05, 4.69) is 16.8 Å². The van der Waals surface area contributed by atoms with Gasteiger partial charge in [-0.3, -0.25) is 4.79 Å². The smallest absolute Gasteiger partial charge is 0.254 e.